The van der Waals surface area contributed by atoms with Crippen molar-refractivity contribution in [3.05, 3.63) is 45.9 Å². The zero-order valence-electron chi connectivity index (χ0n) is 10.1. The number of benzene rings is 1. The molecule has 0 atom stereocenters. The van der Waals surface area contributed by atoms with Crippen molar-refractivity contribution in [2.45, 2.75) is 6.92 Å². The molecular weight excluding hydrogens is 251 g/mol. The first kappa shape index (κ1) is 12.6. The monoisotopic (exact) mass is 264 g/mol. The molecule has 0 aliphatic rings. The van der Waals surface area contributed by atoms with E-state index in [0.717, 1.165) is 4.88 Å². The van der Waals surface area contributed by atoms with Crippen molar-refractivity contribution in [3.8, 4) is 0 Å². The second-order valence-corrected chi connectivity index (χ2v) is 5.22. The molecule has 0 unspecified atom stereocenters. The molecule has 1 heterocycles. The van der Waals surface area contributed by atoms with Gasteiger partial charge in [-0.15, -0.1) is 11.3 Å². The Hall–Kier alpha value is -1.88. The van der Waals surface area contributed by atoms with Gasteiger partial charge in [0.15, 0.2) is 0 Å². The summed E-state index contributed by atoms with van der Waals surface area (Å²) in [6, 6.07) is 7.46. The highest BCUT2D eigenvalue weighted by molar-refractivity contribution is 7.14. The molecule has 1 aromatic carbocycles. The van der Waals surface area contributed by atoms with Crippen LogP contribution in [0.2, 0.25) is 0 Å². The minimum Gasteiger partial charge on any atom is -0.398 e. The van der Waals surface area contributed by atoms with Crippen LogP contribution in [0.1, 0.15) is 14.5 Å². The number of thiophene rings is 1. The van der Waals surface area contributed by atoms with E-state index in [1.807, 2.05) is 6.92 Å². The fraction of sp³-hybridized carbons (Fsp3) is 0.154. The van der Waals surface area contributed by atoms with Crippen LogP contribution < -0.4 is 10.6 Å². The van der Waals surface area contributed by atoms with Gasteiger partial charge in [-0.2, -0.15) is 0 Å². The molecule has 0 saturated carbocycles. The summed E-state index contributed by atoms with van der Waals surface area (Å²) in [4.78, 5) is 15.2. The van der Waals surface area contributed by atoms with Gasteiger partial charge >= 0.3 is 0 Å². The van der Waals surface area contributed by atoms with E-state index >= 15 is 0 Å². The summed E-state index contributed by atoms with van der Waals surface area (Å²) in [6.45, 7) is 1.87. The van der Waals surface area contributed by atoms with Gasteiger partial charge in [0, 0.05) is 23.3 Å². The quantitative estimate of drug-likeness (QED) is 0.906. The molecule has 0 fully saturated rings. The van der Waals surface area contributed by atoms with Crippen molar-refractivity contribution >= 4 is 28.6 Å². The van der Waals surface area contributed by atoms with Crippen molar-refractivity contribution in [2.75, 3.05) is 17.7 Å². The molecule has 18 heavy (non-hydrogen) atoms. The summed E-state index contributed by atoms with van der Waals surface area (Å²) < 4.78 is 12.8. The summed E-state index contributed by atoms with van der Waals surface area (Å²) in [5.41, 5.74) is 6.99. The number of halogens is 1. The Bertz CT molecular complexity index is 558. The van der Waals surface area contributed by atoms with Gasteiger partial charge in [-0.1, -0.05) is 0 Å². The molecule has 2 aromatic rings. The van der Waals surface area contributed by atoms with Crippen LogP contribution >= 0.6 is 11.3 Å². The molecule has 2 rings (SSSR count). The fourth-order valence-corrected chi connectivity index (χ4v) is 2.47. The van der Waals surface area contributed by atoms with E-state index in [0.29, 0.717) is 16.3 Å². The van der Waals surface area contributed by atoms with E-state index in [1.54, 1.807) is 25.2 Å². The Labute approximate surface area is 109 Å². The third-order valence-electron chi connectivity index (χ3n) is 2.69. The van der Waals surface area contributed by atoms with Crippen molar-refractivity contribution in [2.24, 2.45) is 0 Å². The SMILES string of the molecule is Cc1sc(C(=O)N(C)c2ccc(F)cc2)cc1N. The van der Waals surface area contributed by atoms with Crippen molar-refractivity contribution in [1.29, 1.82) is 0 Å². The van der Waals surface area contributed by atoms with Gasteiger partial charge in [0.05, 0.1) is 4.88 Å². The number of anilines is 2. The second kappa shape index (κ2) is 4.78. The first-order chi connectivity index (χ1) is 8.49. The van der Waals surface area contributed by atoms with Crippen LogP contribution in [0.3, 0.4) is 0 Å². The summed E-state index contributed by atoms with van der Waals surface area (Å²) >= 11 is 1.36. The van der Waals surface area contributed by atoms with Crippen LogP contribution in [-0.2, 0) is 0 Å². The van der Waals surface area contributed by atoms with E-state index in [9.17, 15) is 9.18 Å². The lowest BCUT2D eigenvalue weighted by Crippen LogP contribution is -2.25. The van der Waals surface area contributed by atoms with Crippen molar-refractivity contribution < 1.29 is 9.18 Å². The molecule has 3 nitrogen and oxygen atoms in total. The fourth-order valence-electron chi connectivity index (χ4n) is 1.55. The molecule has 0 radical (unpaired) electrons. The predicted molar refractivity (Wildman–Crippen MR) is 72.6 cm³/mol. The third kappa shape index (κ3) is 2.36. The number of hydrogen-bond acceptors (Lipinski definition) is 3. The van der Waals surface area contributed by atoms with E-state index in [2.05, 4.69) is 0 Å². The normalized spacial score (nSPS) is 10.4. The number of amides is 1. The predicted octanol–water partition coefficient (Wildman–Crippen LogP) is 3.05. The minimum atomic E-state index is -0.323. The smallest absolute Gasteiger partial charge is 0.268 e. The number of nitrogens with zero attached hydrogens (tertiary/aromatic N) is 1. The van der Waals surface area contributed by atoms with Crippen molar-refractivity contribution in [3.63, 3.8) is 0 Å². The molecule has 1 amide bonds. The second-order valence-electron chi connectivity index (χ2n) is 3.96. The maximum atomic E-state index is 12.8. The lowest BCUT2D eigenvalue weighted by Gasteiger charge is -2.16. The van der Waals surface area contributed by atoms with Gasteiger partial charge in [0.1, 0.15) is 5.82 Å². The van der Waals surface area contributed by atoms with Gasteiger partial charge in [-0.25, -0.2) is 4.39 Å². The summed E-state index contributed by atoms with van der Waals surface area (Å²) in [5, 5.41) is 0. The standard InChI is InChI=1S/C13H13FN2OS/c1-8-11(15)7-12(18-8)13(17)16(2)10-5-3-9(14)4-6-10/h3-7H,15H2,1-2H3. The number of aryl methyl sites for hydroxylation is 1. The average molecular weight is 264 g/mol. The van der Waals surface area contributed by atoms with Gasteiger partial charge in [-0.05, 0) is 37.3 Å². The lowest BCUT2D eigenvalue weighted by atomic mass is 10.2. The maximum Gasteiger partial charge on any atom is 0.268 e. The number of nitrogens with two attached hydrogens (primary N) is 1. The zero-order valence-corrected chi connectivity index (χ0v) is 10.9. The molecular formula is C13H13FN2OS. The molecule has 0 aliphatic heterocycles. The van der Waals surface area contributed by atoms with Crippen molar-refractivity contribution in [1.82, 2.24) is 0 Å². The van der Waals surface area contributed by atoms with E-state index in [-0.39, 0.29) is 11.7 Å². The highest BCUT2D eigenvalue weighted by Gasteiger charge is 2.16. The Morgan fingerprint density at radius 3 is 2.44 bits per heavy atom. The largest absolute Gasteiger partial charge is 0.398 e. The first-order valence-electron chi connectivity index (χ1n) is 5.38. The molecule has 0 bridgehead atoms. The number of carbonyl (C=O) groups excluding carboxylic acids is 1. The van der Waals surface area contributed by atoms with Gasteiger partial charge in [-0.3, -0.25) is 4.79 Å². The van der Waals surface area contributed by atoms with Gasteiger partial charge < -0.3 is 10.6 Å². The molecule has 0 spiro atoms. The Morgan fingerprint density at radius 1 is 1.33 bits per heavy atom. The van der Waals surface area contributed by atoms with E-state index in [1.165, 1.54) is 28.4 Å². The summed E-state index contributed by atoms with van der Waals surface area (Å²) in [6.07, 6.45) is 0. The molecule has 0 saturated heterocycles. The molecule has 2 N–H and O–H groups in total. The number of nitrogen functional groups attached to an aromatic ring is 1. The van der Waals surface area contributed by atoms with Crippen LogP contribution in [-0.4, -0.2) is 13.0 Å². The van der Waals surface area contributed by atoms with Crippen LogP contribution in [0, 0.1) is 12.7 Å². The summed E-state index contributed by atoms with van der Waals surface area (Å²) in [5.74, 6) is -0.470. The third-order valence-corrected chi connectivity index (χ3v) is 3.74. The van der Waals surface area contributed by atoms with Crippen LogP contribution in [0.25, 0.3) is 0 Å². The van der Waals surface area contributed by atoms with Crippen LogP contribution in [0.15, 0.2) is 30.3 Å². The van der Waals surface area contributed by atoms with Crippen LogP contribution in [0.5, 0.6) is 0 Å². The zero-order chi connectivity index (χ0) is 13.3. The van der Waals surface area contributed by atoms with Crippen LogP contribution in [0.4, 0.5) is 15.8 Å². The number of rotatable bonds is 2. The molecule has 94 valence electrons. The molecule has 0 aliphatic carbocycles. The van der Waals surface area contributed by atoms with Gasteiger partial charge in [0.2, 0.25) is 0 Å². The maximum absolute atomic E-state index is 12.8. The molecule has 1 aromatic heterocycles. The first-order valence-corrected chi connectivity index (χ1v) is 6.20. The molecule has 5 heteroatoms. The highest BCUT2D eigenvalue weighted by Crippen LogP contribution is 2.26. The number of carbonyl (C=O) groups is 1. The lowest BCUT2D eigenvalue weighted by molar-refractivity contribution is 0.0997. The Balaban J connectivity index is 2.26. The van der Waals surface area contributed by atoms with E-state index in [4.69, 9.17) is 5.73 Å². The Morgan fingerprint density at radius 2 is 1.94 bits per heavy atom. The number of hydrogen-bond donors (Lipinski definition) is 1. The Kier molecular flexibility index (Phi) is 3.34. The average Bonchev–Trinajstić information content (AvgIpc) is 2.69. The van der Waals surface area contributed by atoms with E-state index < -0.39 is 0 Å². The van der Waals surface area contributed by atoms with Gasteiger partial charge in [0.25, 0.3) is 5.91 Å². The highest BCUT2D eigenvalue weighted by atomic mass is 32.1. The topological polar surface area (TPSA) is 46.3 Å². The minimum absolute atomic E-state index is 0.147. The summed E-state index contributed by atoms with van der Waals surface area (Å²) in [7, 11) is 1.65.